The van der Waals surface area contributed by atoms with Crippen LogP contribution in [-0.4, -0.2) is 14.6 Å². The first kappa shape index (κ1) is 6.23. The number of anilines is 1. The van der Waals surface area contributed by atoms with E-state index in [0.717, 1.165) is 5.69 Å². The van der Waals surface area contributed by atoms with Gasteiger partial charge in [0.05, 0.1) is 18.4 Å². The van der Waals surface area contributed by atoms with Crippen LogP contribution in [0.25, 0.3) is 6.20 Å². The van der Waals surface area contributed by atoms with Crippen molar-refractivity contribution < 1.29 is 0 Å². The second-order valence-electron chi connectivity index (χ2n) is 2.45. The summed E-state index contributed by atoms with van der Waals surface area (Å²) in [4.78, 5) is 3.94. The van der Waals surface area contributed by atoms with Crippen LogP contribution in [0.4, 0.5) is 5.95 Å². The van der Waals surface area contributed by atoms with Crippen molar-refractivity contribution in [3.63, 3.8) is 0 Å². The van der Waals surface area contributed by atoms with Crippen LogP contribution in [0.2, 0.25) is 0 Å². The summed E-state index contributed by atoms with van der Waals surface area (Å²) in [6, 6.07) is 0. The molecule has 0 saturated heterocycles. The zero-order valence-electron chi connectivity index (χ0n) is 5.94. The van der Waals surface area contributed by atoms with E-state index in [0.29, 0.717) is 12.5 Å². The molecule has 0 saturated carbocycles. The lowest BCUT2D eigenvalue weighted by molar-refractivity contribution is 0.372. The van der Waals surface area contributed by atoms with Crippen molar-refractivity contribution in [3.8, 4) is 0 Å². The fourth-order valence-electron chi connectivity index (χ4n) is 1.09. The number of hydrazine groups is 1. The molecule has 11 heavy (non-hydrogen) atoms. The number of fused-ring (bicyclic) bond motifs is 1. The molecule has 0 aromatic carbocycles. The second-order valence-corrected chi connectivity index (χ2v) is 2.45. The lowest BCUT2D eigenvalue weighted by atomic mass is 10.4. The van der Waals surface area contributed by atoms with Gasteiger partial charge < -0.3 is 10.7 Å². The van der Waals surface area contributed by atoms with E-state index in [4.69, 9.17) is 11.6 Å². The first-order chi connectivity index (χ1) is 5.27. The predicted molar refractivity (Wildman–Crippen MR) is 41.7 cm³/mol. The largest absolute Gasteiger partial charge is 0.369 e. The Balaban J connectivity index is 2.48. The van der Waals surface area contributed by atoms with Gasteiger partial charge in [0.2, 0.25) is 5.95 Å². The Kier molecular flexibility index (Phi) is 1.13. The Morgan fingerprint density at radius 1 is 1.45 bits per heavy atom. The number of nitrogen functional groups attached to an aromatic ring is 1. The summed E-state index contributed by atoms with van der Waals surface area (Å²) in [7, 11) is 0. The van der Waals surface area contributed by atoms with Gasteiger partial charge in [-0.15, -0.1) is 0 Å². The van der Waals surface area contributed by atoms with E-state index in [-0.39, 0.29) is 0 Å². The van der Waals surface area contributed by atoms with Gasteiger partial charge in [-0.2, -0.15) is 0 Å². The Labute approximate surface area is 63.9 Å². The van der Waals surface area contributed by atoms with Crippen LogP contribution in [0.3, 0.4) is 0 Å². The van der Waals surface area contributed by atoms with Gasteiger partial charge in [0.25, 0.3) is 0 Å². The molecule has 5 heteroatoms. The molecule has 58 valence electrons. The summed E-state index contributed by atoms with van der Waals surface area (Å²) in [6.45, 7) is 0.653. The summed E-state index contributed by atoms with van der Waals surface area (Å²) in [6.07, 6.45) is 5.27. The van der Waals surface area contributed by atoms with Gasteiger partial charge in [-0.25, -0.2) is 10.8 Å². The summed E-state index contributed by atoms with van der Waals surface area (Å²) >= 11 is 0. The lowest BCUT2D eigenvalue weighted by Crippen LogP contribution is -2.28. The minimum Gasteiger partial charge on any atom is -0.369 e. The molecule has 0 radical (unpaired) electrons. The highest BCUT2D eigenvalue weighted by atomic mass is 15.4. The summed E-state index contributed by atoms with van der Waals surface area (Å²) in [5.41, 5.74) is 6.56. The van der Waals surface area contributed by atoms with Gasteiger partial charge in [0, 0.05) is 12.4 Å². The number of hydrogen-bond donors (Lipinski definition) is 2. The van der Waals surface area contributed by atoms with Crippen LogP contribution >= 0.6 is 0 Å². The first-order valence-corrected chi connectivity index (χ1v) is 3.28. The van der Waals surface area contributed by atoms with Gasteiger partial charge in [-0.1, -0.05) is 0 Å². The molecule has 0 amide bonds. The zero-order chi connectivity index (χ0) is 7.84. The van der Waals surface area contributed by atoms with Crippen molar-refractivity contribution in [2.45, 2.75) is 6.54 Å². The van der Waals surface area contributed by atoms with Crippen molar-refractivity contribution in [3.05, 3.63) is 18.1 Å². The number of aromatic nitrogens is 2. The third-order valence-corrected chi connectivity index (χ3v) is 1.65. The lowest BCUT2D eigenvalue weighted by Gasteiger charge is -2.18. The van der Waals surface area contributed by atoms with Crippen molar-refractivity contribution >= 4 is 12.1 Å². The third kappa shape index (κ3) is 0.857. The van der Waals surface area contributed by atoms with Crippen molar-refractivity contribution in [2.24, 2.45) is 5.84 Å². The van der Waals surface area contributed by atoms with E-state index in [9.17, 15) is 0 Å². The maximum absolute atomic E-state index is 5.55. The van der Waals surface area contributed by atoms with Gasteiger partial charge in [-0.3, -0.25) is 4.57 Å². The standard InChI is InChI=1S/C6H9N5/c7-6-9-3-5-4-10(8)1-2-11(5)6/h1-3H,4,8H2,(H2,7,9). The molecule has 0 aliphatic carbocycles. The van der Waals surface area contributed by atoms with E-state index in [1.54, 1.807) is 23.6 Å². The highest BCUT2D eigenvalue weighted by molar-refractivity contribution is 5.39. The smallest absolute Gasteiger partial charge is 0.204 e. The molecule has 2 rings (SSSR count). The molecule has 1 aromatic heterocycles. The number of nitrogens with two attached hydrogens (primary N) is 2. The predicted octanol–water partition coefficient (Wildman–Crippen LogP) is -0.417. The SMILES string of the molecule is Nc1ncc2n1C=CN(N)C2. The highest BCUT2D eigenvalue weighted by Gasteiger charge is 2.09. The second kappa shape index (κ2) is 2.00. The summed E-state index contributed by atoms with van der Waals surface area (Å²) < 4.78 is 1.81. The van der Waals surface area contributed by atoms with Crippen LogP contribution in [0.15, 0.2) is 12.4 Å². The van der Waals surface area contributed by atoms with Crippen molar-refractivity contribution in [1.29, 1.82) is 0 Å². The van der Waals surface area contributed by atoms with Crippen LogP contribution in [0.1, 0.15) is 5.69 Å². The molecule has 0 fully saturated rings. The van der Waals surface area contributed by atoms with Gasteiger partial charge in [0.15, 0.2) is 0 Å². The average Bonchev–Trinajstić information content (AvgIpc) is 2.32. The number of hydrogen-bond acceptors (Lipinski definition) is 4. The number of imidazole rings is 1. The van der Waals surface area contributed by atoms with E-state index >= 15 is 0 Å². The molecule has 0 bridgehead atoms. The molecule has 4 N–H and O–H groups in total. The fraction of sp³-hybridized carbons (Fsp3) is 0.167. The topological polar surface area (TPSA) is 73.1 Å². The fourth-order valence-corrected chi connectivity index (χ4v) is 1.09. The van der Waals surface area contributed by atoms with Crippen LogP contribution in [-0.2, 0) is 6.54 Å². The molecule has 1 aliphatic heterocycles. The Morgan fingerprint density at radius 3 is 3.09 bits per heavy atom. The minimum absolute atomic E-state index is 0.504. The monoisotopic (exact) mass is 151 g/mol. The van der Waals surface area contributed by atoms with Gasteiger partial charge in [0.1, 0.15) is 0 Å². The normalized spacial score (nSPS) is 15.2. The molecule has 2 heterocycles. The summed E-state index contributed by atoms with van der Waals surface area (Å²) in [5.74, 6) is 6.03. The number of nitrogens with zero attached hydrogens (tertiary/aromatic N) is 3. The Hall–Kier alpha value is -1.49. The Bertz CT molecular complexity index is 300. The molecular weight excluding hydrogens is 142 g/mol. The van der Waals surface area contributed by atoms with Crippen molar-refractivity contribution in [1.82, 2.24) is 14.6 Å². The molecule has 5 nitrogen and oxygen atoms in total. The van der Waals surface area contributed by atoms with Gasteiger partial charge >= 0.3 is 0 Å². The average molecular weight is 151 g/mol. The molecule has 0 atom stereocenters. The molecule has 0 spiro atoms. The zero-order valence-corrected chi connectivity index (χ0v) is 5.94. The maximum atomic E-state index is 5.55. The van der Waals surface area contributed by atoms with Crippen LogP contribution in [0.5, 0.6) is 0 Å². The van der Waals surface area contributed by atoms with Crippen LogP contribution in [0, 0.1) is 0 Å². The van der Waals surface area contributed by atoms with Crippen molar-refractivity contribution in [2.75, 3.05) is 5.73 Å². The van der Waals surface area contributed by atoms with Gasteiger partial charge in [-0.05, 0) is 0 Å². The van der Waals surface area contributed by atoms with E-state index in [1.807, 2.05) is 4.57 Å². The van der Waals surface area contributed by atoms with E-state index < -0.39 is 0 Å². The minimum atomic E-state index is 0.504. The molecule has 0 unspecified atom stereocenters. The summed E-state index contributed by atoms with van der Waals surface area (Å²) in [5, 5.41) is 1.58. The highest BCUT2D eigenvalue weighted by Crippen LogP contribution is 2.13. The third-order valence-electron chi connectivity index (χ3n) is 1.65. The molecular formula is C6H9N5. The van der Waals surface area contributed by atoms with E-state index in [1.165, 1.54) is 0 Å². The molecule has 1 aliphatic rings. The molecule has 1 aromatic rings. The first-order valence-electron chi connectivity index (χ1n) is 3.28. The maximum Gasteiger partial charge on any atom is 0.204 e. The quantitative estimate of drug-likeness (QED) is 0.494. The number of rotatable bonds is 0. The van der Waals surface area contributed by atoms with Crippen LogP contribution < -0.4 is 11.6 Å². The Morgan fingerprint density at radius 2 is 2.27 bits per heavy atom. The van der Waals surface area contributed by atoms with E-state index in [2.05, 4.69) is 4.98 Å².